The van der Waals surface area contributed by atoms with E-state index in [2.05, 4.69) is 15.3 Å². The summed E-state index contributed by atoms with van der Waals surface area (Å²) in [5.74, 6) is -1.86. The second-order valence-electron chi connectivity index (χ2n) is 4.77. The van der Waals surface area contributed by atoms with Crippen LogP contribution in [0, 0.1) is 11.6 Å². The van der Waals surface area contributed by atoms with Crippen molar-refractivity contribution in [2.24, 2.45) is 0 Å². The summed E-state index contributed by atoms with van der Waals surface area (Å²) in [7, 11) is 1.22. The summed E-state index contributed by atoms with van der Waals surface area (Å²) >= 11 is 5.66. The van der Waals surface area contributed by atoms with Crippen LogP contribution >= 0.6 is 11.6 Å². The minimum Gasteiger partial charge on any atom is -0.492 e. The van der Waals surface area contributed by atoms with Crippen molar-refractivity contribution in [1.82, 2.24) is 9.97 Å². The highest BCUT2D eigenvalue weighted by Crippen LogP contribution is 2.35. The van der Waals surface area contributed by atoms with E-state index in [9.17, 15) is 8.78 Å². The van der Waals surface area contributed by atoms with Gasteiger partial charge in [-0.1, -0.05) is 23.7 Å². The first-order valence-corrected chi connectivity index (χ1v) is 7.14. The molecule has 0 atom stereocenters. The third kappa shape index (κ3) is 3.03. The summed E-state index contributed by atoms with van der Waals surface area (Å²) < 4.78 is 32.7. The number of benzene rings is 2. The molecule has 0 aliphatic rings. The fourth-order valence-corrected chi connectivity index (χ4v) is 2.37. The summed E-state index contributed by atoms with van der Waals surface area (Å²) in [4.78, 5) is 8.67. The first kappa shape index (κ1) is 15.4. The van der Waals surface area contributed by atoms with Crippen molar-refractivity contribution >= 4 is 28.3 Å². The molecule has 1 aromatic heterocycles. The van der Waals surface area contributed by atoms with Gasteiger partial charge in [0, 0.05) is 6.07 Å². The van der Waals surface area contributed by atoms with E-state index in [1.807, 2.05) is 24.3 Å². The van der Waals surface area contributed by atoms with Crippen LogP contribution in [-0.4, -0.2) is 17.1 Å². The molecule has 0 saturated heterocycles. The van der Waals surface area contributed by atoms with Crippen LogP contribution in [0.2, 0.25) is 5.02 Å². The molecule has 3 rings (SSSR count). The van der Waals surface area contributed by atoms with Crippen molar-refractivity contribution in [3.05, 3.63) is 58.9 Å². The van der Waals surface area contributed by atoms with Crippen molar-refractivity contribution < 1.29 is 13.5 Å². The van der Waals surface area contributed by atoms with E-state index in [1.165, 1.54) is 7.11 Å². The third-order valence-corrected chi connectivity index (χ3v) is 3.63. The van der Waals surface area contributed by atoms with E-state index in [1.54, 1.807) is 6.20 Å². The van der Waals surface area contributed by atoms with Gasteiger partial charge in [0.1, 0.15) is 10.8 Å². The number of rotatable bonds is 4. The average molecular weight is 336 g/mol. The lowest BCUT2D eigenvalue weighted by Gasteiger charge is -2.12. The fraction of sp³-hybridized carbons (Fsp3) is 0.125. The number of nitrogens with zero attached hydrogens (tertiary/aromatic N) is 2. The molecule has 1 N–H and O–H groups in total. The molecule has 2 aromatic carbocycles. The summed E-state index contributed by atoms with van der Waals surface area (Å²) in [6.45, 7) is 0.180. The summed E-state index contributed by atoms with van der Waals surface area (Å²) in [6.07, 6.45) is 1.58. The molecule has 0 amide bonds. The topological polar surface area (TPSA) is 47.0 Å². The van der Waals surface area contributed by atoms with Crippen LogP contribution in [0.15, 0.2) is 36.5 Å². The molecule has 0 saturated carbocycles. The maximum atomic E-state index is 14.2. The Kier molecular flexibility index (Phi) is 4.25. The molecule has 1 heterocycles. The Bertz CT molecular complexity index is 873. The van der Waals surface area contributed by atoms with E-state index in [-0.39, 0.29) is 23.0 Å². The molecule has 23 heavy (non-hydrogen) atoms. The number of para-hydroxylation sites is 2. The van der Waals surface area contributed by atoms with Crippen LogP contribution < -0.4 is 10.1 Å². The predicted molar refractivity (Wildman–Crippen MR) is 84.8 cm³/mol. The van der Waals surface area contributed by atoms with Crippen molar-refractivity contribution in [1.29, 1.82) is 0 Å². The number of hydrogen-bond acceptors (Lipinski definition) is 4. The minimum atomic E-state index is -0.767. The number of aromatic nitrogens is 2. The smallest absolute Gasteiger partial charge is 0.189 e. The molecule has 0 aliphatic carbocycles. The molecule has 0 aliphatic heterocycles. The normalized spacial score (nSPS) is 10.8. The lowest BCUT2D eigenvalue weighted by atomic mass is 10.2. The number of methoxy groups -OCH3 is 1. The second-order valence-corrected chi connectivity index (χ2v) is 5.15. The molecule has 0 radical (unpaired) electrons. The third-order valence-electron chi connectivity index (χ3n) is 3.28. The van der Waals surface area contributed by atoms with Gasteiger partial charge in [-0.2, -0.15) is 0 Å². The highest BCUT2D eigenvalue weighted by atomic mass is 35.5. The summed E-state index contributed by atoms with van der Waals surface area (Å²) in [6, 6.07) is 8.38. The second kappa shape index (κ2) is 6.34. The number of hydrogen-bond donors (Lipinski definition) is 1. The van der Waals surface area contributed by atoms with Gasteiger partial charge in [0.15, 0.2) is 11.6 Å². The number of anilines is 1. The maximum Gasteiger partial charge on any atom is 0.189 e. The van der Waals surface area contributed by atoms with Crippen LogP contribution in [0.3, 0.4) is 0 Å². The van der Waals surface area contributed by atoms with Crippen molar-refractivity contribution in [2.75, 3.05) is 12.4 Å². The zero-order valence-electron chi connectivity index (χ0n) is 12.1. The zero-order valence-corrected chi connectivity index (χ0v) is 12.9. The standard InChI is InChI=1S/C16H12ClF2N3O/c1-23-16-14(17)10(18)6-13(15(16)19)21-8-9-7-20-11-4-2-3-5-12(11)22-9/h2-7,21H,8H2,1H3. The van der Waals surface area contributed by atoms with Crippen LogP contribution in [0.1, 0.15) is 5.69 Å². The van der Waals surface area contributed by atoms with E-state index < -0.39 is 11.6 Å². The highest BCUT2D eigenvalue weighted by Gasteiger charge is 2.18. The number of halogens is 3. The van der Waals surface area contributed by atoms with Gasteiger partial charge in [0.05, 0.1) is 42.3 Å². The van der Waals surface area contributed by atoms with Crippen molar-refractivity contribution in [2.45, 2.75) is 6.54 Å². The van der Waals surface area contributed by atoms with Crippen LogP contribution in [-0.2, 0) is 6.54 Å². The maximum absolute atomic E-state index is 14.2. The Morgan fingerprint density at radius 2 is 1.96 bits per heavy atom. The average Bonchev–Trinajstić information content (AvgIpc) is 2.57. The van der Waals surface area contributed by atoms with Crippen molar-refractivity contribution in [3.8, 4) is 5.75 Å². The van der Waals surface area contributed by atoms with Gasteiger partial charge in [-0.25, -0.2) is 13.8 Å². The summed E-state index contributed by atoms with van der Waals surface area (Å²) in [5, 5.41) is 2.39. The van der Waals surface area contributed by atoms with Gasteiger partial charge in [-0.3, -0.25) is 4.98 Å². The van der Waals surface area contributed by atoms with E-state index in [4.69, 9.17) is 16.3 Å². The van der Waals surface area contributed by atoms with Gasteiger partial charge in [0.2, 0.25) is 0 Å². The summed E-state index contributed by atoms with van der Waals surface area (Å²) in [5.41, 5.74) is 2.03. The molecule has 0 fully saturated rings. The highest BCUT2D eigenvalue weighted by molar-refractivity contribution is 6.32. The largest absolute Gasteiger partial charge is 0.492 e. The van der Waals surface area contributed by atoms with Gasteiger partial charge >= 0.3 is 0 Å². The molecule has 0 bridgehead atoms. The fourth-order valence-electron chi connectivity index (χ4n) is 2.15. The van der Waals surface area contributed by atoms with E-state index in [0.29, 0.717) is 5.69 Å². The lowest BCUT2D eigenvalue weighted by Crippen LogP contribution is -2.06. The number of ether oxygens (including phenoxy) is 1. The molecule has 118 valence electrons. The Balaban J connectivity index is 1.86. The van der Waals surface area contributed by atoms with Gasteiger partial charge in [0.25, 0.3) is 0 Å². The minimum absolute atomic E-state index is 0.0568. The molecule has 0 unspecified atom stereocenters. The molecule has 0 spiro atoms. The molecule has 7 heteroatoms. The van der Waals surface area contributed by atoms with Gasteiger partial charge in [-0.15, -0.1) is 0 Å². The SMILES string of the molecule is COc1c(F)c(NCc2cnc3ccccc3n2)cc(F)c1Cl. The monoisotopic (exact) mass is 335 g/mol. The van der Waals surface area contributed by atoms with E-state index >= 15 is 0 Å². The Morgan fingerprint density at radius 3 is 2.70 bits per heavy atom. The van der Waals surface area contributed by atoms with E-state index in [0.717, 1.165) is 17.1 Å². The first-order valence-electron chi connectivity index (χ1n) is 6.76. The van der Waals surface area contributed by atoms with Crippen LogP contribution in [0.4, 0.5) is 14.5 Å². The zero-order chi connectivity index (χ0) is 16.4. The van der Waals surface area contributed by atoms with Gasteiger partial charge in [-0.05, 0) is 12.1 Å². The lowest BCUT2D eigenvalue weighted by molar-refractivity contribution is 0.384. The number of nitrogens with one attached hydrogen (secondary N) is 1. The van der Waals surface area contributed by atoms with Gasteiger partial charge < -0.3 is 10.1 Å². The van der Waals surface area contributed by atoms with Crippen LogP contribution in [0.25, 0.3) is 11.0 Å². The first-order chi connectivity index (χ1) is 11.1. The molecule has 3 aromatic rings. The predicted octanol–water partition coefficient (Wildman–Crippen LogP) is 4.18. The molecule has 4 nitrogen and oxygen atoms in total. The number of fused-ring (bicyclic) bond motifs is 1. The molecular formula is C16H12ClF2N3O. The Hall–Kier alpha value is -2.47. The Labute approximate surface area is 136 Å². The van der Waals surface area contributed by atoms with Crippen LogP contribution in [0.5, 0.6) is 5.75 Å². The quantitative estimate of drug-likeness (QED) is 0.726. The van der Waals surface area contributed by atoms with Crippen molar-refractivity contribution in [3.63, 3.8) is 0 Å². The molecular weight excluding hydrogens is 324 g/mol. The Morgan fingerprint density at radius 1 is 1.22 bits per heavy atom.